The number of pyridine rings is 2. The van der Waals surface area contributed by atoms with Gasteiger partial charge in [0.15, 0.2) is 11.6 Å². The number of hydrogen-bond donors (Lipinski definition) is 3. The summed E-state index contributed by atoms with van der Waals surface area (Å²) in [7, 11) is 0. The lowest BCUT2D eigenvalue weighted by atomic mass is 10.3. The van der Waals surface area contributed by atoms with Crippen LogP contribution in [0.25, 0.3) is 0 Å². The van der Waals surface area contributed by atoms with Crippen molar-refractivity contribution in [3.8, 4) is 5.75 Å². The smallest absolute Gasteiger partial charge is 0.275 e. The van der Waals surface area contributed by atoms with Crippen molar-refractivity contribution >= 4 is 17.4 Å². The Balaban J connectivity index is 2.21. The summed E-state index contributed by atoms with van der Waals surface area (Å²) in [5, 5.41) is 12.0. The number of rotatable bonds is 2. The minimum Gasteiger partial charge on any atom is -0.504 e. The van der Waals surface area contributed by atoms with E-state index in [0.717, 1.165) is 0 Å². The minimum absolute atomic E-state index is 0.0932. The Kier molecular flexibility index (Phi) is 3.09. The molecule has 0 spiro atoms. The van der Waals surface area contributed by atoms with Crippen molar-refractivity contribution in [3.63, 3.8) is 0 Å². The molecule has 2 aromatic rings. The first-order valence-corrected chi connectivity index (χ1v) is 5.26. The Morgan fingerprint density at radius 2 is 2.11 bits per heavy atom. The van der Waals surface area contributed by atoms with E-state index in [0.29, 0.717) is 11.4 Å². The molecule has 0 aliphatic carbocycles. The molecule has 2 rings (SSSR count). The van der Waals surface area contributed by atoms with Gasteiger partial charge in [-0.05, 0) is 31.2 Å². The van der Waals surface area contributed by atoms with Crippen molar-refractivity contribution in [2.75, 3.05) is 11.1 Å². The summed E-state index contributed by atoms with van der Waals surface area (Å²) in [5.74, 6) is -0.438. The molecule has 0 fully saturated rings. The second-order valence-electron chi connectivity index (χ2n) is 3.75. The fourth-order valence-electron chi connectivity index (χ4n) is 1.35. The van der Waals surface area contributed by atoms with Crippen molar-refractivity contribution in [1.29, 1.82) is 0 Å². The third-order valence-corrected chi connectivity index (χ3v) is 2.26. The highest BCUT2D eigenvalue weighted by atomic mass is 16.3. The Bertz CT molecular complexity index is 581. The second-order valence-corrected chi connectivity index (χ2v) is 3.75. The molecule has 0 radical (unpaired) electrons. The first-order valence-electron chi connectivity index (χ1n) is 5.26. The van der Waals surface area contributed by atoms with E-state index in [1.807, 2.05) is 0 Å². The van der Waals surface area contributed by atoms with Gasteiger partial charge in [0, 0.05) is 5.69 Å². The standard InChI is InChI=1S/C12H12N4O2/c1-7-2-5-10(17)11(15-7)16-12(18)9-4-3-8(13)6-14-9/h2-6,17H,13H2,1H3,(H,15,16,18). The van der Waals surface area contributed by atoms with Crippen LogP contribution in [0, 0.1) is 6.92 Å². The molecule has 0 saturated heterocycles. The fourth-order valence-corrected chi connectivity index (χ4v) is 1.35. The van der Waals surface area contributed by atoms with Gasteiger partial charge < -0.3 is 16.2 Å². The Hall–Kier alpha value is -2.63. The monoisotopic (exact) mass is 244 g/mol. The summed E-state index contributed by atoms with van der Waals surface area (Å²) in [6.07, 6.45) is 1.39. The average Bonchev–Trinajstić information content (AvgIpc) is 2.34. The highest BCUT2D eigenvalue weighted by molar-refractivity contribution is 6.03. The molecule has 0 atom stereocenters. The van der Waals surface area contributed by atoms with Crippen LogP contribution in [0.15, 0.2) is 30.5 Å². The topological polar surface area (TPSA) is 101 Å². The van der Waals surface area contributed by atoms with E-state index < -0.39 is 5.91 Å². The summed E-state index contributed by atoms with van der Waals surface area (Å²) >= 11 is 0. The van der Waals surface area contributed by atoms with E-state index >= 15 is 0 Å². The van der Waals surface area contributed by atoms with Crippen LogP contribution in [0.1, 0.15) is 16.2 Å². The largest absolute Gasteiger partial charge is 0.504 e. The molecule has 0 bridgehead atoms. The van der Waals surface area contributed by atoms with Crippen molar-refractivity contribution < 1.29 is 9.90 Å². The Labute approximate surface area is 104 Å². The molecule has 2 aromatic heterocycles. The van der Waals surface area contributed by atoms with E-state index in [9.17, 15) is 9.90 Å². The number of carbonyl (C=O) groups excluding carboxylic acids is 1. The normalized spacial score (nSPS) is 10.1. The van der Waals surface area contributed by atoms with Gasteiger partial charge in [-0.25, -0.2) is 9.97 Å². The molecule has 2 heterocycles. The minimum atomic E-state index is -0.455. The van der Waals surface area contributed by atoms with Crippen LogP contribution in [0.4, 0.5) is 11.5 Å². The van der Waals surface area contributed by atoms with Crippen LogP contribution in [0.5, 0.6) is 5.75 Å². The third-order valence-electron chi connectivity index (χ3n) is 2.26. The molecule has 0 aliphatic heterocycles. The number of nitrogens with one attached hydrogen (secondary N) is 1. The highest BCUT2D eigenvalue weighted by Gasteiger charge is 2.11. The zero-order valence-electron chi connectivity index (χ0n) is 9.71. The van der Waals surface area contributed by atoms with E-state index in [-0.39, 0.29) is 17.3 Å². The molecule has 0 saturated carbocycles. The molecule has 18 heavy (non-hydrogen) atoms. The van der Waals surface area contributed by atoms with Crippen molar-refractivity contribution in [1.82, 2.24) is 9.97 Å². The van der Waals surface area contributed by atoms with Gasteiger partial charge in [-0.3, -0.25) is 4.79 Å². The summed E-state index contributed by atoms with van der Waals surface area (Å²) in [6, 6.07) is 6.18. The van der Waals surface area contributed by atoms with E-state index in [1.165, 1.54) is 18.3 Å². The molecule has 92 valence electrons. The molecule has 1 amide bonds. The number of aromatic hydroxyl groups is 1. The molecule has 6 nitrogen and oxygen atoms in total. The first kappa shape index (κ1) is 11.8. The molecule has 0 aliphatic rings. The number of hydrogen-bond acceptors (Lipinski definition) is 5. The molecular weight excluding hydrogens is 232 g/mol. The molecule has 4 N–H and O–H groups in total. The quantitative estimate of drug-likeness (QED) is 0.739. The van der Waals surface area contributed by atoms with Crippen molar-refractivity contribution in [3.05, 3.63) is 41.9 Å². The lowest BCUT2D eigenvalue weighted by Crippen LogP contribution is -2.15. The third kappa shape index (κ3) is 2.54. The predicted octanol–water partition coefficient (Wildman–Crippen LogP) is 1.33. The molecule has 0 unspecified atom stereocenters. The van der Waals surface area contributed by atoms with Crippen LogP contribution in [-0.2, 0) is 0 Å². The summed E-state index contributed by atoms with van der Waals surface area (Å²) in [5.41, 5.74) is 6.84. The highest BCUT2D eigenvalue weighted by Crippen LogP contribution is 2.20. The fraction of sp³-hybridized carbons (Fsp3) is 0.0833. The predicted molar refractivity (Wildman–Crippen MR) is 67.2 cm³/mol. The average molecular weight is 244 g/mol. The maximum absolute atomic E-state index is 11.8. The first-order chi connectivity index (χ1) is 8.56. The van der Waals surface area contributed by atoms with Gasteiger partial charge >= 0.3 is 0 Å². The second kappa shape index (κ2) is 4.70. The number of aromatic nitrogens is 2. The maximum atomic E-state index is 11.8. The van der Waals surface area contributed by atoms with E-state index in [1.54, 1.807) is 19.1 Å². The van der Waals surface area contributed by atoms with Gasteiger partial charge in [0.2, 0.25) is 0 Å². The number of nitrogens with zero attached hydrogens (tertiary/aromatic N) is 2. The number of amides is 1. The lowest BCUT2D eigenvalue weighted by molar-refractivity contribution is 0.102. The maximum Gasteiger partial charge on any atom is 0.275 e. The van der Waals surface area contributed by atoms with Crippen LogP contribution in [0.3, 0.4) is 0 Å². The molecule has 6 heteroatoms. The van der Waals surface area contributed by atoms with Crippen LogP contribution < -0.4 is 11.1 Å². The van der Waals surface area contributed by atoms with Gasteiger partial charge in [-0.15, -0.1) is 0 Å². The van der Waals surface area contributed by atoms with Crippen molar-refractivity contribution in [2.24, 2.45) is 0 Å². The van der Waals surface area contributed by atoms with Gasteiger partial charge in [0.1, 0.15) is 5.69 Å². The SMILES string of the molecule is Cc1ccc(O)c(NC(=O)c2ccc(N)cn2)n1. The zero-order chi connectivity index (χ0) is 13.1. The summed E-state index contributed by atoms with van der Waals surface area (Å²) < 4.78 is 0. The lowest BCUT2D eigenvalue weighted by Gasteiger charge is -2.06. The molecule has 0 aromatic carbocycles. The number of nitrogens with two attached hydrogens (primary N) is 1. The van der Waals surface area contributed by atoms with Crippen LogP contribution in [0.2, 0.25) is 0 Å². The summed E-state index contributed by atoms with van der Waals surface area (Å²) in [4.78, 5) is 19.7. The van der Waals surface area contributed by atoms with Gasteiger partial charge in [-0.1, -0.05) is 0 Å². The van der Waals surface area contributed by atoms with Gasteiger partial charge in [-0.2, -0.15) is 0 Å². The van der Waals surface area contributed by atoms with E-state index in [4.69, 9.17) is 5.73 Å². The number of anilines is 2. The number of carbonyl (C=O) groups is 1. The van der Waals surface area contributed by atoms with Crippen LogP contribution in [-0.4, -0.2) is 21.0 Å². The zero-order valence-corrected chi connectivity index (χ0v) is 9.71. The van der Waals surface area contributed by atoms with E-state index in [2.05, 4.69) is 15.3 Å². The molecular formula is C12H12N4O2. The van der Waals surface area contributed by atoms with Gasteiger partial charge in [0.05, 0.1) is 11.9 Å². The van der Waals surface area contributed by atoms with Crippen molar-refractivity contribution in [2.45, 2.75) is 6.92 Å². The number of aryl methyl sites for hydroxylation is 1. The van der Waals surface area contributed by atoms with Crippen LogP contribution >= 0.6 is 0 Å². The summed E-state index contributed by atoms with van der Waals surface area (Å²) in [6.45, 7) is 1.76. The van der Waals surface area contributed by atoms with Gasteiger partial charge in [0.25, 0.3) is 5.91 Å². The number of nitrogen functional groups attached to an aromatic ring is 1. The Morgan fingerprint density at radius 1 is 1.33 bits per heavy atom. The Morgan fingerprint density at radius 3 is 2.78 bits per heavy atom.